The molecule has 0 bridgehead atoms. The van der Waals surface area contributed by atoms with Crippen molar-refractivity contribution < 1.29 is 19.1 Å². The van der Waals surface area contributed by atoms with Gasteiger partial charge in [-0.3, -0.25) is 5.32 Å². The molecule has 0 spiro atoms. The van der Waals surface area contributed by atoms with E-state index < -0.39 is 12.1 Å². The number of carbonyl (C=O) groups excluding carboxylic acids is 2. The maximum Gasteiger partial charge on any atom is 0.435 e. The molecule has 0 heterocycles. The number of rotatable bonds is 3. The second-order valence-electron chi connectivity index (χ2n) is 3.75. The second-order valence-corrected chi connectivity index (χ2v) is 4.54. The number of amidine groups is 1. The SMILES string of the molecule is COC(=O)/N=C(/NC(=O)NCc1ccc(OC)cc1)SC. The van der Waals surface area contributed by atoms with Crippen molar-refractivity contribution in [1.82, 2.24) is 10.6 Å². The van der Waals surface area contributed by atoms with Gasteiger partial charge < -0.3 is 14.8 Å². The summed E-state index contributed by atoms with van der Waals surface area (Å²) in [7, 11) is 2.80. The molecule has 0 aliphatic rings. The van der Waals surface area contributed by atoms with Gasteiger partial charge in [0.25, 0.3) is 0 Å². The normalized spacial score (nSPS) is 10.7. The first-order valence-electron chi connectivity index (χ1n) is 5.97. The van der Waals surface area contributed by atoms with Crippen LogP contribution in [0.5, 0.6) is 5.75 Å². The van der Waals surface area contributed by atoms with Crippen molar-refractivity contribution in [3.63, 3.8) is 0 Å². The van der Waals surface area contributed by atoms with Crippen LogP contribution in [-0.4, -0.2) is 37.8 Å². The Kier molecular flexibility index (Phi) is 7.10. The number of thioether (sulfide) groups is 1. The standard InChI is InChI=1S/C13H17N3O4S/c1-19-10-6-4-9(5-7-10)8-14-11(17)15-12(21-3)16-13(18)20-2/h4-7H,8H2,1-3H3,(H2,14,15,16,17,18). The van der Waals surface area contributed by atoms with E-state index in [0.29, 0.717) is 6.54 Å². The summed E-state index contributed by atoms with van der Waals surface area (Å²) in [6, 6.07) is 6.85. The molecule has 0 aromatic heterocycles. The summed E-state index contributed by atoms with van der Waals surface area (Å²) in [6.07, 6.45) is 0.917. The van der Waals surface area contributed by atoms with Crippen LogP contribution in [-0.2, 0) is 11.3 Å². The Morgan fingerprint density at radius 3 is 2.43 bits per heavy atom. The van der Waals surface area contributed by atoms with Gasteiger partial charge in [-0.25, -0.2) is 9.59 Å². The zero-order valence-corrected chi connectivity index (χ0v) is 12.8. The molecular weight excluding hydrogens is 294 g/mol. The Bertz CT molecular complexity index is 517. The first-order valence-corrected chi connectivity index (χ1v) is 7.20. The van der Waals surface area contributed by atoms with Gasteiger partial charge in [0, 0.05) is 6.54 Å². The maximum atomic E-state index is 11.7. The Morgan fingerprint density at radius 1 is 1.24 bits per heavy atom. The number of aliphatic imine (C=N–C) groups is 1. The summed E-state index contributed by atoms with van der Waals surface area (Å²) >= 11 is 1.13. The highest BCUT2D eigenvalue weighted by Crippen LogP contribution is 2.10. The average Bonchev–Trinajstić information content (AvgIpc) is 2.52. The number of nitrogens with one attached hydrogen (secondary N) is 2. The van der Waals surface area contributed by atoms with Crippen molar-refractivity contribution in [2.45, 2.75) is 6.54 Å². The topological polar surface area (TPSA) is 89.0 Å². The molecule has 0 aliphatic heterocycles. The van der Waals surface area contributed by atoms with Crippen LogP contribution in [0.2, 0.25) is 0 Å². The molecule has 0 aliphatic carbocycles. The highest BCUT2D eigenvalue weighted by Gasteiger charge is 2.07. The van der Waals surface area contributed by atoms with Crippen LogP contribution < -0.4 is 15.4 Å². The minimum absolute atomic E-state index is 0.161. The molecule has 8 heteroatoms. The minimum Gasteiger partial charge on any atom is -0.497 e. The lowest BCUT2D eigenvalue weighted by atomic mass is 10.2. The van der Waals surface area contributed by atoms with Gasteiger partial charge in [0.1, 0.15) is 5.75 Å². The smallest absolute Gasteiger partial charge is 0.435 e. The molecule has 0 saturated carbocycles. The summed E-state index contributed by atoms with van der Waals surface area (Å²) < 4.78 is 9.44. The number of hydrogen-bond acceptors (Lipinski definition) is 5. The predicted molar refractivity (Wildman–Crippen MR) is 81.7 cm³/mol. The van der Waals surface area contributed by atoms with Crippen molar-refractivity contribution in [3.05, 3.63) is 29.8 Å². The van der Waals surface area contributed by atoms with E-state index in [-0.39, 0.29) is 5.17 Å². The van der Waals surface area contributed by atoms with Gasteiger partial charge in [0.2, 0.25) is 0 Å². The van der Waals surface area contributed by atoms with Gasteiger partial charge in [0.05, 0.1) is 14.2 Å². The molecular formula is C13H17N3O4S. The fourth-order valence-electron chi connectivity index (χ4n) is 1.32. The van der Waals surface area contributed by atoms with Crippen LogP contribution in [0.4, 0.5) is 9.59 Å². The fraction of sp³-hybridized carbons (Fsp3) is 0.308. The molecule has 114 valence electrons. The predicted octanol–water partition coefficient (Wildman–Crippen LogP) is 1.98. The third-order valence-corrected chi connectivity index (χ3v) is 2.97. The summed E-state index contributed by atoms with van der Waals surface area (Å²) in [5.74, 6) is 0.748. The zero-order chi connectivity index (χ0) is 15.7. The highest BCUT2D eigenvalue weighted by atomic mass is 32.2. The molecule has 0 saturated heterocycles. The molecule has 1 aromatic carbocycles. The number of ether oxygens (including phenoxy) is 2. The van der Waals surface area contributed by atoms with Crippen molar-refractivity contribution in [2.24, 2.45) is 4.99 Å². The fourth-order valence-corrected chi connectivity index (χ4v) is 1.68. The number of carbonyl (C=O) groups is 2. The molecule has 2 N–H and O–H groups in total. The largest absolute Gasteiger partial charge is 0.497 e. The Balaban J connectivity index is 2.49. The van der Waals surface area contributed by atoms with Gasteiger partial charge in [-0.15, -0.1) is 0 Å². The zero-order valence-electron chi connectivity index (χ0n) is 12.0. The van der Waals surface area contributed by atoms with E-state index in [1.54, 1.807) is 25.5 Å². The Hall–Kier alpha value is -2.22. The van der Waals surface area contributed by atoms with Crippen molar-refractivity contribution in [1.29, 1.82) is 0 Å². The van der Waals surface area contributed by atoms with Crippen molar-refractivity contribution in [2.75, 3.05) is 20.5 Å². The number of urea groups is 1. The Morgan fingerprint density at radius 2 is 1.90 bits per heavy atom. The van der Waals surface area contributed by atoms with E-state index in [0.717, 1.165) is 23.1 Å². The van der Waals surface area contributed by atoms with Gasteiger partial charge in [-0.05, 0) is 24.0 Å². The lowest BCUT2D eigenvalue weighted by molar-refractivity contribution is 0.182. The second kappa shape index (κ2) is 8.85. The number of nitrogens with zero attached hydrogens (tertiary/aromatic N) is 1. The molecule has 3 amide bonds. The average molecular weight is 311 g/mol. The van der Waals surface area contributed by atoms with Gasteiger partial charge >= 0.3 is 12.1 Å². The first kappa shape index (κ1) is 16.8. The molecule has 21 heavy (non-hydrogen) atoms. The number of methoxy groups -OCH3 is 2. The number of hydrogen-bond donors (Lipinski definition) is 2. The molecule has 1 rings (SSSR count). The van der Waals surface area contributed by atoms with Crippen LogP contribution in [0.3, 0.4) is 0 Å². The van der Waals surface area contributed by atoms with Crippen LogP contribution in [0.15, 0.2) is 29.3 Å². The van der Waals surface area contributed by atoms with E-state index in [1.165, 1.54) is 7.11 Å². The van der Waals surface area contributed by atoms with Crippen LogP contribution >= 0.6 is 11.8 Å². The van der Waals surface area contributed by atoms with Gasteiger partial charge in [-0.2, -0.15) is 4.99 Å². The van der Waals surface area contributed by atoms with E-state index in [4.69, 9.17) is 4.74 Å². The summed E-state index contributed by atoms with van der Waals surface area (Å²) in [5.41, 5.74) is 0.918. The van der Waals surface area contributed by atoms with E-state index in [9.17, 15) is 9.59 Å². The Labute approximate surface area is 127 Å². The lowest BCUT2D eigenvalue weighted by Gasteiger charge is -2.08. The number of amides is 3. The van der Waals surface area contributed by atoms with E-state index in [1.807, 2.05) is 12.1 Å². The van der Waals surface area contributed by atoms with Gasteiger partial charge in [0.15, 0.2) is 5.17 Å². The summed E-state index contributed by atoms with van der Waals surface area (Å²) in [5, 5.41) is 5.28. The third-order valence-electron chi connectivity index (χ3n) is 2.39. The van der Waals surface area contributed by atoms with Crippen LogP contribution in [0, 0.1) is 0 Å². The van der Waals surface area contributed by atoms with E-state index in [2.05, 4.69) is 20.4 Å². The molecule has 0 fully saturated rings. The monoisotopic (exact) mass is 311 g/mol. The summed E-state index contributed by atoms with van der Waals surface area (Å²) in [4.78, 5) is 26.2. The van der Waals surface area contributed by atoms with Gasteiger partial charge in [-0.1, -0.05) is 23.9 Å². The maximum absolute atomic E-state index is 11.7. The third kappa shape index (κ3) is 6.17. The molecule has 1 aromatic rings. The quantitative estimate of drug-likeness (QED) is 0.658. The first-order chi connectivity index (χ1) is 10.1. The summed E-state index contributed by atoms with van der Waals surface area (Å²) in [6.45, 7) is 0.343. The molecule has 0 radical (unpaired) electrons. The van der Waals surface area contributed by atoms with Crippen LogP contribution in [0.25, 0.3) is 0 Å². The molecule has 0 atom stereocenters. The molecule has 0 unspecified atom stereocenters. The number of benzene rings is 1. The van der Waals surface area contributed by atoms with Crippen molar-refractivity contribution >= 4 is 29.1 Å². The van der Waals surface area contributed by atoms with E-state index >= 15 is 0 Å². The van der Waals surface area contributed by atoms with Crippen LogP contribution in [0.1, 0.15) is 5.56 Å². The van der Waals surface area contributed by atoms with Crippen molar-refractivity contribution in [3.8, 4) is 5.75 Å². The highest BCUT2D eigenvalue weighted by molar-refractivity contribution is 8.13. The molecule has 7 nitrogen and oxygen atoms in total. The minimum atomic E-state index is -0.769. The lowest BCUT2D eigenvalue weighted by Crippen LogP contribution is -2.38.